The van der Waals surface area contributed by atoms with E-state index in [1.165, 1.54) is 54.9 Å². The zero-order valence-corrected chi connectivity index (χ0v) is 16.4. The van der Waals surface area contributed by atoms with Gasteiger partial charge in [0, 0.05) is 24.3 Å². The van der Waals surface area contributed by atoms with Crippen molar-refractivity contribution in [1.82, 2.24) is 4.31 Å². The van der Waals surface area contributed by atoms with Crippen molar-refractivity contribution in [1.29, 1.82) is 0 Å². The van der Waals surface area contributed by atoms with Crippen molar-refractivity contribution in [3.05, 3.63) is 59.7 Å². The zero-order valence-electron chi connectivity index (χ0n) is 15.6. The van der Waals surface area contributed by atoms with Gasteiger partial charge < -0.3 is 10.1 Å². The molecule has 0 heterocycles. The van der Waals surface area contributed by atoms with E-state index >= 15 is 0 Å². The van der Waals surface area contributed by atoms with Gasteiger partial charge in [-0.3, -0.25) is 4.79 Å². The molecule has 7 nitrogen and oxygen atoms in total. The number of amides is 1. The van der Waals surface area contributed by atoms with Gasteiger partial charge in [-0.15, -0.1) is 0 Å². The number of ether oxygens (including phenoxy) is 1. The first kappa shape index (κ1) is 20.6. The summed E-state index contributed by atoms with van der Waals surface area (Å²) in [7, 11) is -0.900. The maximum Gasteiger partial charge on any atom is 0.337 e. The number of carbonyl (C=O) groups is 2. The van der Waals surface area contributed by atoms with Crippen LogP contribution in [0.1, 0.15) is 34.6 Å². The number of carbonyl (C=O) groups excluding carboxylic acids is 2. The van der Waals surface area contributed by atoms with Gasteiger partial charge in [0.15, 0.2) is 0 Å². The van der Waals surface area contributed by atoms with Gasteiger partial charge in [-0.1, -0.05) is 6.07 Å². The summed E-state index contributed by atoms with van der Waals surface area (Å²) in [6.07, 6.45) is 0. The van der Waals surface area contributed by atoms with Crippen LogP contribution in [-0.4, -0.2) is 44.8 Å². The smallest absolute Gasteiger partial charge is 0.337 e. The summed E-state index contributed by atoms with van der Waals surface area (Å²) in [6.45, 7) is 3.54. The third kappa shape index (κ3) is 4.72. The van der Waals surface area contributed by atoms with Crippen LogP contribution >= 0.6 is 0 Å². The van der Waals surface area contributed by atoms with Gasteiger partial charge in [-0.05, 0) is 56.3 Å². The van der Waals surface area contributed by atoms with Crippen LogP contribution in [0.3, 0.4) is 0 Å². The van der Waals surface area contributed by atoms with E-state index in [0.29, 0.717) is 11.3 Å². The van der Waals surface area contributed by atoms with E-state index in [-0.39, 0.29) is 16.5 Å². The predicted molar refractivity (Wildman–Crippen MR) is 102 cm³/mol. The lowest BCUT2D eigenvalue weighted by atomic mass is 10.2. The average Bonchev–Trinajstić information content (AvgIpc) is 2.67. The summed E-state index contributed by atoms with van der Waals surface area (Å²) in [4.78, 5) is 23.9. The molecule has 0 aromatic heterocycles. The minimum Gasteiger partial charge on any atom is -0.465 e. The summed E-state index contributed by atoms with van der Waals surface area (Å²) in [6, 6.07) is 11.8. The molecule has 0 aliphatic rings. The lowest BCUT2D eigenvalue weighted by Crippen LogP contribution is -2.33. The Bertz CT molecular complexity index is 937. The van der Waals surface area contributed by atoms with Gasteiger partial charge in [-0.25, -0.2) is 13.2 Å². The standard InChI is InChI=1S/C19H22N2O5S/c1-13(2)21(3)27(24,25)17-7-5-6-15(12-17)18(22)20-16-10-8-14(9-11-16)19(23)26-4/h5-13H,1-4H3,(H,20,22). The van der Waals surface area contributed by atoms with E-state index in [2.05, 4.69) is 10.1 Å². The lowest BCUT2D eigenvalue weighted by Gasteiger charge is -2.21. The molecular formula is C19H22N2O5S. The fourth-order valence-corrected chi connectivity index (χ4v) is 3.67. The molecule has 0 bridgehead atoms. The summed E-state index contributed by atoms with van der Waals surface area (Å²) < 4.78 is 31.0. The highest BCUT2D eigenvalue weighted by molar-refractivity contribution is 7.89. The van der Waals surface area contributed by atoms with E-state index in [1.807, 2.05) is 0 Å². The summed E-state index contributed by atoms with van der Waals surface area (Å²) in [5, 5.41) is 2.67. The van der Waals surface area contributed by atoms with Gasteiger partial charge in [0.2, 0.25) is 10.0 Å². The second kappa shape index (κ2) is 8.32. The number of rotatable bonds is 6. The molecule has 0 spiro atoms. The Balaban J connectivity index is 2.22. The number of anilines is 1. The van der Waals surface area contributed by atoms with Crippen LogP contribution in [0.15, 0.2) is 53.4 Å². The quantitative estimate of drug-likeness (QED) is 0.766. The van der Waals surface area contributed by atoms with Crippen molar-refractivity contribution >= 4 is 27.6 Å². The van der Waals surface area contributed by atoms with E-state index < -0.39 is 21.9 Å². The molecule has 144 valence electrons. The highest BCUT2D eigenvalue weighted by Crippen LogP contribution is 2.19. The van der Waals surface area contributed by atoms with Crippen LogP contribution in [0.2, 0.25) is 0 Å². The number of nitrogens with one attached hydrogen (secondary N) is 1. The monoisotopic (exact) mass is 390 g/mol. The topological polar surface area (TPSA) is 92.8 Å². The van der Waals surface area contributed by atoms with Gasteiger partial charge in [0.1, 0.15) is 0 Å². The first-order chi connectivity index (χ1) is 12.7. The first-order valence-corrected chi connectivity index (χ1v) is 9.68. The molecule has 2 rings (SSSR count). The number of hydrogen-bond donors (Lipinski definition) is 1. The van der Waals surface area contributed by atoms with Gasteiger partial charge >= 0.3 is 5.97 Å². The van der Waals surface area contributed by atoms with Crippen LogP contribution in [0, 0.1) is 0 Å². The van der Waals surface area contributed by atoms with Crippen molar-refractivity contribution in [3.63, 3.8) is 0 Å². The Kier molecular flexibility index (Phi) is 6.35. The molecule has 27 heavy (non-hydrogen) atoms. The van der Waals surface area contributed by atoms with Crippen molar-refractivity contribution in [2.45, 2.75) is 24.8 Å². The molecule has 0 saturated carbocycles. The Morgan fingerprint density at radius 3 is 2.22 bits per heavy atom. The van der Waals surface area contributed by atoms with E-state index in [0.717, 1.165) is 0 Å². The van der Waals surface area contributed by atoms with Crippen molar-refractivity contribution in [3.8, 4) is 0 Å². The average molecular weight is 390 g/mol. The second-order valence-corrected chi connectivity index (χ2v) is 8.16. The highest BCUT2D eigenvalue weighted by Gasteiger charge is 2.24. The molecule has 2 aromatic rings. The summed E-state index contributed by atoms with van der Waals surface area (Å²) in [5.41, 5.74) is 1.05. The second-order valence-electron chi connectivity index (χ2n) is 6.17. The first-order valence-electron chi connectivity index (χ1n) is 8.24. The largest absolute Gasteiger partial charge is 0.465 e. The molecule has 0 aliphatic carbocycles. The number of esters is 1. The molecule has 8 heteroatoms. The Labute approximate surface area is 159 Å². The SMILES string of the molecule is COC(=O)c1ccc(NC(=O)c2cccc(S(=O)(=O)N(C)C(C)C)c2)cc1. The van der Waals surface area contributed by atoms with Crippen LogP contribution in [0.25, 0.3) is 0 Å². The summed E-state index contributed by atoms with van der Waals surface area (Å²) >= 11 is 0. The Morgan fingerprint density at radius 1 is 1.04 bits per heavy atom. The van der Waals surface area contributed by atoms with Gasteiger partial charge in [0.25, 0.3) is 5.91 Å². The molecule has 0 saturated heterocycles. The van der Waals surface area contributed by atoms with Crippen LogP contribution in [-0.2, 0) is 14.8 Å². The molecule has 1 N–H and O–H groups in total. The number of benzene rings is 2. The highest BCUT2D eigenvalue weighted by atomic mass is 32.2. The Morgan fingerprint density at radius 2 is 1.67 bits per heavy atom. The number of nitrogens with zero attached hydrogens (tertiary/aromatic N) is 1. The fourth-order valence-electron chi connectivity index (χ4n) is 2.25. The lowest BCUT2D eigenvalue weighted by molar-refractivity contribution is 0.0600. The van der Waals surface area contributed by atoms with Crippen LogP contribution < -0.4 is 5.32 Å². The maximum absolute atomic E-state index is 12.6. The molecule has 0 fully saturated rings. The van der Waals surface area contributed by atoms with E-state index in [9.17, 15) is 18.0 Å². The number of hydrogen-bond acceptors (Lipinski definition) is 5. The van der Waals surface area contributed by atoms with Crippen LogP contribution in [0.4, 0.5) is 5.69 Å². The number of methoxy groups -OCH3 is 1. The number of sulfonamides is 1. The molecule has 0 radical (unpaired) electrons. The zero-order chi connectivity index (χ0) is 20.2. The van der Waals surface area contributed by atoms with Crippen molar-refractivity contribution in [2.75, 3.05) is 19.5 Å². The van der Waals surface area contributed by atoms with Crippen molar-refractivity contribution in [2.24, 2.45) is 0 Å². The van der Waals surface area contributed by atoms with Gasteiger partial charge in [-0.2, -0.15) is 4.31 Å². The molecule has 0 atom stereocenters. The normalized spacial score (nSPS) is 11.5. The van der Waals surface area contributed by atoms with Crippen molar-refractivity contribution < 1.29 is 22.7 Å². The fraction of sp³-hybridized carbons (Fsp3) is 0.263. The molecule has 1 amide bonds. The molecule has 0 unspecified atom stereocenters. The van der Waals surface area contributed by atoms with Crippen LogP contribution in [0.5, 0.6) is 0 Å². The Hall–Kier alpha value is -2.71. The predicted octanol–water partition coefficient (Wildman–Crippen LogP) is 2.75. The third-order valence-corrected chi connectivity index (χ3v) is 6.09. The summed E-state index contributed by atoms with van der Waals surface area (Å²) in [5.74, 6) is -0.926. The third-order valence-electron chi connectivity index (χ3n) is 4.06. The minimum absolute atomic E-state index is 0.0485. The molecule has 2 aromatic carbocycles. The van der Waals surface area contributed by atoms with Gasteiger partial charge in [0.05, 0.1) is 17.6 Å². The van der Waals surface area contributed by atoms with E-state index in [4.69, 9.17) is 0 Å². The van der Waals surface area contributed by atoms with E-state index in [1.54, 1.807) is 26.0 Å². The minimum atomic E-state index is -3.68. The molecule has 0 aliphatic heterocycles. The molecular weight excluding hydrogens is 368 g/mol. The maximum atomic E-state index is 12.6.